The molecular weight excluding hydrogens is 362 g/mol. The summed E-state index contributed by atoms with van der Waals surface area (Å²) in [7, 11) is -4.06. The number of hydrogen-bond acceptors (Lipinski definition) is 3. The van der Waals surface area contributed by atoms with Crippen LogP contribution in [0.2, 0.25) is 0 Å². The fraction of sp³-hybridized carbons (Fsp3) is 0.278. The molecule has 1 amide bonds. The average Bonchev–Trinajstić information content (AvgIpc) is 2.59. The zero-order valence-electron chi connectivity index (χ0n) is 14.7. The number of aryl methyl sites for hydroxylation is 1. The van der Waals surface area contributed by atoms with Crippen LogP contribution in [0.15, 0.2) is 41.3 Å². The lowest BCUT2D eigenvalue weighted by atomic mass is 10.1. The molecule has 0 atom stereocenters. The van der Waals surface area contributed by atoms with E-state index >= 15 is 0 Å². The van der Waals surface area contributed by atoms with Crippen molar-refractivity contribution in [3.63, 3.8) is 0 Å². The minimum absolute atomic E-state index is 0.0409. The molecule has 0 spiro atoms. The number of amides is 1. The molecule has 0 radical (unpaired) electrons. The van der Waals surface area contributed by atoms with E-state index in [1.54, 1.807) is 20.8 Å². The summed E-state index contributed by atoms with van der Waals surface area (Å²) in [4.78, 5) is 11.8. The first-order chi connectivity index (χ1) is 12.2. The first-order valence-electron chi connectivity index (χ1n) is 8.07. The number of nitrogens with one attached hydrogen (secondary N) is 1. The van der Waals surface area contributed by atoms with Gasteiger partial charge in [-0.05, 0) is 42.8 Å². The van der Waals surface area contributed by atoms with Crippen LogP contribution in [-0.4, -0.2) is 31.7 Å². The molecule has 0 fully saturated rings. The van der Waals surface area contributed by atoms with E-state index in [9.17, 15) is 22.0 Å². The Hall–Kier alpha value is -2.32. The first-order valence-corrected chi connectivity index (χ1v) is 9.51. The minimum atomic E-state index is -4.06. The molecule has 0 saturated heterocycles. The standard InChI is InChI=1S/C18H20F2N2O3S/c1-4-22(5-2)26(24,25)17-10-13(7-9-15(17)20)18(23)21-16-11-14(19)8-6-12(16)3/h6-11H,4-5H2,1-3H3,(H,21,23). The lowest BCUT2D eigenvalue weighted by Gasteiger charge is -2.19. The number of anilines is 1. The molecule has 0 aliphatic carbocycles. The van der Waals surface area contributed by atoms with Crippen molar-refractivity contribution in [2.75, 3.05) is 18.4 Å². The maximum atomic E-state index is 14.1. The molecule has 0 aliphatic heterocycles. The Morgan fingerprint density at radius 2 is 1.73 bits per heavy atom. The topological polar surface area (TPSA) is 66.5 Å². The zero-order chi connectivity index (χ0) is 19.5. The molecular formula is C18H20F2N2O3S. The highest BCUT2D eigenvalue weighted by molar-refractivity contribution is 7.89. The van der Waals surface area contributed by atoms with Crippen molar-refractivity contribution in [1.82, 2.24) is 4.31 Å². The zero-order valence-corrected chi connectivity index (χ0v) is 15.5. The molecule has 8 heteroatoms. The van der Waals surface area contributed by atoms with Gasteiger partial charge < -0.3 is 5.32 Å². The molecule has 0 bridgehead atoms. The van der Waals surface area contributed by atoms with Gasteiger partial charge in [-0.3, -0.25) is 4.79 Å². The van der Waals surface area contributed by atoms with Crippen molar-refractivity contribution in [2.24, 2.45) is 0 Å². The highest BCUT2D eigenvalue weighted by Crippen LogP contribution is 2.22. The second-order valence-corrected chi connectivity index (χ2v) is 7.55. The molecule has 0 saturated carbocycles. The summed E-state index contributed by atoms with van der Waals surface area (Å²) in [5, 5.41) is 2.51. The molecule has 140 valence electrons. The van der Waals surface area contributed by atoms with Gasteiger partial charge in [-0.25, -0.2) is 17.2 Å². The van der Waals surface area contributed by atoms with E-state index in [2.05, 4.69) is 5.32 Å². The van der Waals surface area contributed by atoms with Gasteiger partial charge in [0.05, 0.1) is 0 Å². The van der Waals surface area contributed by atoms with Gasteiger partial charge in [-0.15, -0.1) is 0 Å². The third-order valence-electron chi connectivity index (χ3n) is 3.96. The van der Waals surface area contributed by atoms with Crippen LogP contribution in [0.1, 0.15) is 29.8 Å². The monoisotopic (exact) mass is 382 g/mol. The molecule has 2 aromatic carbocycles. The summed E-state index contributed by atoms with van der Waals surface area (Å²) in [6.07, 6.45) is 0. The van der Waals surface area contributed by atoms with Crippen LogP contribution in [0.3, 0.4) is 0 Å². The Labute approximate surface area is 151 Å². The fourth-order valence-electron chi connectivity index (χ4n) is 2.47. The van der Waals surface area contributed by atoms with E-state index in [1.807, 2.05) is 0 Å². The number of benzene rings is 2. The molecule has 0 unspecified atom stereocenters. The molecule has 26 heavy (non-hydrogen) atoms. The average molecular weight is 382 g/mol. The van der Waals surface area contributed by atoms with Crippen molar-refractivity contribution in [3.8, 4) is 0 Å². The van der Waals surface area contributed by atoms with Crippen LogP contribution in [-0.2, 0) is 10.0 Å². The van der Waals surface area contributed by atoms with Crippen LogP contribution in [0.4, 0.5) is 14.5 Å². The fourth-order valence-corrected chi connectivity index (χ4v) is 4.02. The summed E-state index contributed by atoms with van der Waals surface area (Å²) < 4.78 is 53.7. The van der Waals surface area contributed by atoms with Gasteiger partial charge in [0, 0.05) is 24.3 Å². The van der Waals surface area contributed by atoms with Gasteiger partial charge in [-0.2, -0.15) is 4.31 Å². The molecule has 2 aromatic rings. The van der Waals surface area contributed by atoms with Crippen molar-refractivity contribution in [3.05, 3.63) is 59.2 Å². The Morgan fingerprint density at radius 1 is 1.08 bits per heavy atom. The molecule has 1 N–H and O–H groups in total. The second kappa shape index (κ2) is 7.92. The van der Waals surface area contributed by atoms with Crippen LogP contribution in [0, 0.1) is 18.6 Å². The normalized spacial score (nSPS) is 11.6. The highest BCUT2D eigenvalue weighted by atomic mass is 32.2. The summed E-state index contributed by atoms with van der Waals surface area (Å²) in [5.41, 5.74) is 0.853. The maximum Gasteiger partial charge on any atom is 0.255 e. The molecule has 0 aromatic heterocycles. The number of carbonyl (C=O) groups excluding carboxylic acids is 1. The maximum absolute atomic E-state index is 14.1. The number of halogens is 2. The van der Waals surface area contributed by atoms with Crippen LogP contribution < -0.4 is 5.32 Å². The smallest absolute Gasteiger partial charge is 0.255 e. The predicted molar refractivity (Wildman–Crippen MR) is 95.6 cm³/mol. The van der Waals surface area contributed by atoms with Crippen molar-refractivity contribution >= 4 is 21.6 Å². The largest absolute Gasteiger partial charge is 0.322 e. The number of carbonyl (C=O) groups is 1. The molecule has 0 aliphatic rings. The van der Waals surface area contributed by atoms with E-state index in [0.717, 1.165) is 22.5 Å². The van der Waals surface area contributed by atoms with E-state index < -0.39 is 32.5 Å². The number of sulfonamides is 1. The van der Waals surface area contributed by atoms with Crippen LogP contribution in [0.5, 0.6) is 0 Å². The van der Waals surface area contributed by atoms with Crippen LogP contribution >= 0.6 is 0 Å². The van der Waals surface area contributed by atoms with Gasteiger partial charge in [0.15, 0.2) is 0 Å². The van der Waals surface area contributed by atoms with E-state index in [1.165, 1.54) is 18.2 Å². The molecule has 5 nitrogen and oxygen atoms in total. The van der Waals surface area contributed by atoms with Gasteiger partial charge >= 0.3 is 0 Å². The van der Waals surface area contributed by atoms with Crippen molar-refractivity contribution in [2.45, 2.75) is 25.7 Å². The van der Waals surface area contributed by atoms with Crippen molar-refractivity contribution in [1.29, 1.82) is 0 Å². The van der Waals surface area contributed by atoms with E-state index in [4.69, 9.17) is 0 Å². The number of rotatable bonds is 6. The van der Waals surface area contributed by atoms with Gasteiger partial charge in [0.25, 0.3) is 5.91 Å². The Morgan fingerprint density at radius 3 is 2.35 bits per heavy atom. The quantitative estimate of drug-likeness (QED) is 0.831. The third kappa shape index (κ3) is 4.08. The summed E-state index contributed by atoms with van der Waals surface area (Å²) >= 11 is 0. The Balaban J connectivity index is 2.40. The second-order valence-electron chi connectivity index (χ2n) is 5.65. The van der Waals surface area contributed by atoms with Gasteiger partial charge in [0.2, 0.25) is 10.0 Å². The van der Waals surface area contributed by atoms with Crippen molar-refractivity contribution < 1.29 is 22.0 Å². The lowest BCUT2D eigenvalue weighted by molar-refractivity contribution is 0.102. The SMILES string of the molecule is CCN(CC)S(=O)(=O)c1cc(C(=O)Nc2cc(F)ccc2C)ccc1F. The number of nitrogens with zero attached hydrogens (tertiary/aromatic N) is 1. The summed E-state index contributed by atoms with van der Waals surface area (Å²) in [6, 6.07) is 7.03. The van der Waals surface area contributed by atoms with E-state index in [0.29, 0.717) is 5.56 Å². The molecule has 2 rings (SSSR count). The van der Waals surface area contributed by atoms with Crippen LogP contribution in [0.25, 0.3) is 0 Å². The lowest BCUT2D eigenvalue weighted by Crippen LogP contribution is -2.31. The highest BCUT2D eigenvalue weighted by Gasteiger charge is 2.26. The summed E-state index contributed by atoms with van der Waals surface area (Å²) in [6.45, 7) is 5.33. The Bertz CT molecular complexity index is 926. The third-order valence-corrected chi connectivity index (χ3v) is 6.03. The van der Waals surface area contributed by atoms with Gasteiger partial charge in [0.1, 0.15) is 16.5 Å². The Kier molecular flexibility index (Phi) is 6.09. The minimum Gasteiger partial charge on any atom is -0.322 e. The van der Waals surface area contributed by atoms with Gasteiger partial charge in [-0.1, -0.05) is 19.9 Å². The first kappa shape index (κ1) is 20.0. The summed E-state index contributed by atoms with van der Waals surface area (Å²) in [5.74, 6) is -2.11. The molecule has 0 heterocycles. The predicted octanol–water partition coefficient (Wildman–Crippen LogP) is 3.56. The van der Waals surface area contributed by atoms with E-state index in [-0.39, 0.29) is 24.3 Å². The number of hydrogen-bond donors (Lipinski definition) is 1.